The summed E-state index contributed by atoms with van der Waals surface area (Å²) in [4.78, 5) is 16.2. The van der Waals surface area contributed by atoms with Gasteiger partial charge in [-0.25, -0.2) is 4.98 Å². The molecule has 1 aliphatic heterocycles. The number of nitrogens with one attached hydrogen (secondary N) is 2. The van der Waals surface area contributed by atoms with Crippen LogP contribution in [-0.2, 0) is 24.7 Å². The molecule has 1 aromatic heterocycles. The average molecular weight is 354 g/mol. The first-order valence-corrected chi connectivity index (χ1v) is 9.31. The summed E-state index contributed by atoms with van der Waals surface area (Å²) in [7, 11) is 3.69. The number of aromatic nitrogens is 2. The van der Waals surface area contributed by atoms with Gasteiger partial charge in [0.2, 0.25) is 5.91 Å². The third-order valence-corrected chi connectivity index (χ3v) is 5.67. The van der Waals surface area contributed by atoms with Gasteiger partial charge in [0, 0.05) is 25.6 Å². The normalized spacial score (nSPS) is 25.5. The van der Waals surface area contributed by atoms with Gasteiger partial charge in [-0.2, -0.15) is 0 Å². The molecule has 4 rings (SSSR count). The molecule has 0 saturated carbocycles. The Kier molecular flexibility index (Phi) is 4.68. The molecule has 1 saturated heterocycles. The maximum Gasteiger partial charge on any atom is 0.220 e. The van der Waals surface area contributed by atoms with Crippen molar-refractivity contribution in [1.82, 2.24) is 20.2 Å². The van der Waals surface area contributed by atoms with E-state index >= 15 is 0 Å². The summed E-state index contributed by atoms with van der Waals surface area (Å²) >= 11 is 0. The SMILES string of the molecule is COc1ccc2c(c1)C[C@H](N[C@@H]1CCC(=O)N[C@H]1c1cncn1C)CC2. The molecule has 1 amide bonds. The molecule has 6 heteroatoms. The zero-order valence-electron chi connectivity index (χ0n) is 15.4. The van der Waals surface area contributed by atoms with Gasteiger partial charge in [0.15, 0.2) is 0 Å². The van der Waals surface area contributed by atoms with Crippen molar-refractivity contribution < 1.29 is 9.53 Å². The number of piperidine rings is 1. The van der Waals surface area contributed by atoms with E-state index in [-0.39, 0.29) is 18.0 Å². The Labute approximate surface area is 154 Å². The minimum Gasteiger partial charge on any atom is -0.497 e. The van der Waals surface area contributed by atoms with Gasteiger partial charge in [0.25, 0.3) is 0 Å². The number of aryl methyl sites for hydroxylation is 2. The molecule has 138 valence electrons. The first-order valence-electron chi connectivity index (χ1n) is 9.31. The number of carbonyl (C=O) groups is 1. The minimum atomic E-state index is -0.0320. The summed E-state index contributed by atoms with van der Waals surface area (Å²) in [6.45, 7) is 0. The number of benzene rings is 1. The lowest BCUT2D eigenvalue weighted by Crippen LogP contribution is -2.52. The fourth-order valence-corrected chi connectivity index (χ4v) is 4.23. The highest BCUT2D eigenvalue weighted by atomic mass is 16.5. The molecule has 2 heterocycles. The Morgan fingerprint density at radius 2 is 2.15 bits per heavy atom. The van der Waals surface area contributed by atoms with E-state index in [0.717, 1.165) is 37.1 Å². The van der Waals surface area contributed by atoms with Crippen molar-refractivity contribution >= 4 is 5.91 Å². The van der Waals surface area contributed by atoms with Crippen molar-refractivity contribution in [3.05, 3.63) is 47.5 Å². The molecule has 0 spiro atoms. The number of hydrogen-bond acceptors (Lipinski definition) is 4. The van der Waals surface area contributed by atoms with Gasteiger partial charge in [-0.15, -0.1) is 0 Å². The zero-order chi connectivity index (χ0) is 18.1. The van der Waals surface area contributed by atoms with E-state index in [9.17, 15) is 4.79 Å². The van der Waals surface area contributed by atoms with E-state index in [1.54, 1.807) is 13.4 Å². The molecule has 2 N–H and O–H groups in total. The molecule has 26 heavy (non-hydrogen) atoms. The number of fused-ring (bicyclic) bond motifs is 1. The number of amides is 1. The van der Waals surface area contributed by atoms with Crippen molar-refractivity contribution in [2.45, 2.75) is 50.2 Å². The molecule has 0 radical (unpaired) electrons. The smallest absolute Gasteiger partial charge is 0.220 e. The van der Waals surface area contributed by atoms with E-state index in [4.69, 9.17) is 4.74 Å². The summed E-state index contributed by atoms with van der Waals surface area (Å²) in [5.74, 6) is 1.04. The Bertz CT molecular complexity index is 801. The second-order valence-corrected chi connectivity index (χ2v) is 7.36. The predicted octanol–water partition coefficient (Wildman–Crippen LogP) is 1.90. The Morgan fingerprint density at radius 3 is 2.92 bits per heavy atom. The number of methoxy groups -OCH3 is 1. The fraction of sp³-hybridized carbons (Fsp3) is 0.500. The van der Waals surface area contributed by atoms with Crippen LogP contribution in [0.3, 0.4) is 0 Å². The minimum absolute atomic E-state index is 0.0320. The van der Waals surface area contributed by atoms with Gasteiger partial charge < -0.3 is 19.9 Å². The van der Waals surface area contributed by atoms with Gasteiger partial charge >= 0.3 is 0 Å². The highest BCUT2D eigenvalue weighted by Crippen LogP contribution is 2.29. The lowest BCUT2D eigenvalue weighted by molar-refractivity contribution is -0.124. The molecule has 2 aromatic rings. The van der Waals surface area contributed by atoms with Crippen LogP contribution >= 0.6 is 0 Å². The fourth-order valence-electron chi connectivity index (χ4n) is 4.23. The quantitative estimate of drug-likeness (QED) is 0.880. The lowest BCUT2D eigenvalue weighted by atomic mass is 9.86. The first kappa shape index (κ1) is 17.1. The largest absolute Gasteiger partial charge is 0.497 e. The van der Waals surface area contributed by atoms with Crippen LogP contribution < -0.4 is 15.4 Å². The van der Waals surface area contributed by atoms with Gasteiger partial charge in [-0.3, -0.25) is 4.79 Å². The molecule has 1 aliphatic carbocycles. The maximum absolute atomic E-state index is 12.0. The topological polar surface area (TPSA) is 68.2 Å². The molecule has 6 nitrogen and oxygen atoms in total. The molecular weight excluding hydrogens is 328 g/mol. The second kappa shape index (κ2) is 7.11. The number of ether oxygens (including phenoxy) is 1. The standard InChI is InChI=1S/C20H26N4O2/c1-24-12-21-11-18(24)20-17(7-8-19(25)23-20)22-15-5-3-13-4-6-16(26-2)10-14(13)9-15/h4,6,10-12,15,17,20,22H,3,5,7-9H2,1-2H3,(H,23,25)/t15-,17-,20-/m1/s1. The Balaban J connectivity index is 1.50. The van der Waals surface area contributed by atoms with Crippen LogP contribution in [0.25, 0.3) is 0 Å². The molecule has 1 aromatic carbocycles. The van der Waals surface area contributed by atoms with Crippen molar-refractivity contribution in [2.75, 3.05) is 7.11 Å². The van der Waals surface area contributed by atoms with E-state index in [1.165, 1.54) is 11.1 Å². The number of imidazole rings is 1. The molecule has 0 bridgehead atoms. The first-order chi connectivity index (χ1) is 12.6. The molecule has 2 aliphatic rings. The van der Waals surface area contributed by atoms with Crippen LogP contribution in [0.2, 0.25) is 0 Å². The average Bonchev–Trinajstić information content (AvgIpc) is 3.08. The van der Waals surface area contributed by atoms with E-state index in [1.807, 2.05) is 23.9 Å². The summed E-state index contributed by atoms with van der Waals surface area (Å²) in [5, 5.41) is 6.98. The van der Waals surface area contributed by atoms with Crippen LogP contribution in [0.1, 0.15) is 42.1 Å². The third-order valence-electron chi connectivity index (χ3n) is 5.67. The van der Waals surface area contributed by atoms with Gasteiger partial charge in [-0.1, -0.05) is 6.07 Å². The highest BCUT2D eigenvalue weighted by Gasteiger charge is 2.33. The lowest BCUT2D eigenvalue weighted by Gasteiger charge is -2.37. The monoisotopic (exact) mass is 354 g/mol. The summed E-state index contributed by atoms with van der Waals surface area (Å²) < 4.78 is 7.37. The van der Waals surface area contributed by atoms with Crippen LogP contribution in [0.4, 0.5) is 0 Å². The van der Waals surface area contributed by atoms with Crippen LogP contribution in [0.5, 0.6) is 5.75 Å². The van der Waals surface area contributed by atoms with Gasteiger partial charge in [0.1, 0.15) is 5.75 Å². The van der Waals surface area contributed by atoms with E-state index in [2.05, 4.69) is 27.8 Å². The van der Waals surface area contributed by atoms with Gasteiger partial charge in [0.05, 0.1) is 31.4 Å². The van der Waals surface area contributed by atoms with Crippen LogP contribution in [0.15, 0.2) is 30.7 Å². The number of rotatable bonds is 4. The maximum atomic E-state index is 12.0. The predicted molar refractivity (Wildman–Crippen MR) is 99.1 cm³/mol. The summed E-state index contributed by atoms with van der Waals surface area (Å²) in [6.07, 6.45) is 8.25. The van der Waals surface area contributed by atoms with Crippen molar-refractivity contribution in [2.24, 2.45) is 7.05 Å². The number of hydrogen-bond donors (Lipinski definition) is 2. The van der Waals surface area contributed by atoms with Crippen LogP contribution in [0, 0.1) is 0 Å². The van der Waals surface area contributed by atoms with Crippen molar-refractivity contribution in [3.63, 3.8) is 0 Å². The molecular formula is C20H26N4O2. The van der Waals surface area contributed by atoms with Crippen LogP contribution in [-0.4, -0.2) is 34.7 Å². The summed E-state index contributed by atoms with van der Waals surface area (Å²) in [5.41, 5.74) is 3.84. The molecule has 0 unspecified atom stereocenters. The van der Waals surface area contributed by atoms with E-state index < -0.39 is 0 Å². The van der Waals surface area contributed by atoms with E-state index in [0.29, 0.717) is 12.5 Å². The van der Waals surface area contributed by atoms with Gasteiger partial charge in [-0.05, 0) is 48.9 Å². The number of carbonyl (C=O) groups excluding carboxylic acids is 1. The third kappa shape index (κ3) is 3.33. The van der Waals surface area contributed by atoms with Crippen molar-refractivity contribution in [1.29, 1.82) is 0 Å². The molecule has 3 atom stereocenters. The molecule has 1 fully saturated rings. The Morgan fingerprint density at radius 1 is 1.27 bits per heavy atom. The summed E-state index contributed by atoms with van der Waals surface area (Å²) in [6, 6.07) is 6.98. The highest BCUT2D eigenvalue weighted by molar-refractivity contribution is 5.77. The Hall–Kier alpha value is -2.34. The number of nitrogens with zero attached hydrogens (tertiary/aromatic N) is 2. The zero-order valence-corrected chi connectivity index (χ0v) is 15.4. The second-order valence-electron chi connectivity index (χ2n) is 7.36. The van der Waals surface area contributed by atoms with Crippen molar-refractivity contribution in [3.8, 4) is 5.75 Å².